The Kier molecular flexibility index (Phi) is 3.95. The van der Waals surface area contributed by atoms with Crippen molar-refractivity contribution < 1.29 is 4.79 Å². The molecule has 31 heavy (non-hydrogen) atoms. The molecular formula is C22H20N8O. The van der Waals surface area contributed by atoms with Gasteiger partial charge in [0.15, 0.2) is 0 Å². The van der Waals surface area contributed by atoms with Crippen LogP contribution >= 0.6 is 0 Å². The Morgan fingerprint density at radius 3 is 3.03 bits per heavy atom. The zero-order valence-electron chi connectivity index (χ0n) is 17.0. The van der Waals surface area contributed by atoms with Crippen LogP contribution in [0.5, 0.6) is 0 Å². The summed E-state index contributed by atoms with van der Waals surface area (Å²) in [4.78, 5) is 21.4. The number of nitrogens with zero attached hydrogens (tertiary/aromatic N) is 7. The number of hydrogen-bond donors (Lipinski definition) is 1. The number of carbonyl (C=O) groups is 1. The lowest BCUT2D eigenvalue weighted by molar-refractivity contribution is -0.121. The average molecular weight is 412 g/mol. The van der Waals surface area contributed by atoms with Gasteiger partial charge in [-0.15, -0.1) is 5.10 Å². The molecule has 1 aliphatic heterocycles. The predicted octanol–water partition coefficient (Wildman–Crippen LogP) is 2.09. The van der Waals surface area contributed by atoms with Gasteiger partial charge < -0.3 is 5.32 Å². The van der Waals surface area contributed by atoms with Crippen molar-refractivity contribution in [2.75, 3.05) is 0 Å². The third kappa shape index (κ3) is 2.92. The number of carbonyl (C=O) groups excluding carboxylic acids is 1. The lowest BCUT2D eigenvalue weighted by Crippen LogP contribution is -2.23. The van der Waals surface area contributed by atoms with Crippen molar-refractivity contribution in [3.63, 3.8) is 0 Å². The van der Waals surface area contributed by atoms with E-state index in [4.69, 9.17) is 0 Å². The Hall–Kier alpha value is -3.88. The molecular weight excluding hydrogens is 392 g/mol. The molecule has 6 rings (SSSR count). The van der Waals surface area contributed by atoms with Crippen molar-refractivity contribution in [3.05, 3.63) is 65.0 Å². The Labute approximate surface area is 177 Å². The van der Waals surface area contributed by atoms with Gasteiger partial charge in [-0.1, -0.05) is 6.08 Å². The van der Waals surface area contributed by atoms with Gasteiger partial charge in [0.05, 0.1) is 29.3 Å². The molecule has 0 atom stereocenters. The van der Waals surface area contributed by atoms with Crippen LogP contribution in [0.25, 0.3) is 22.7 Å². The zero-order chi connectivity index (χ0) is 20.9. The van der Waals surface area contributed by atoms with Crippen LogP contribution < -0.4 is 5.32 Å². The molecule has 1 N–H and O–H groups in total. The molecule has 154 valence electrons. The van der Waals surface area contributed by atoms with E-state index in [0.717, 1.165) is 45.9 Å². The Morgan fingerprint density at radius 1 is 1.16 bits per heavy atom. The molecule has 2 aliphatic rings. The molecule has 5 heterocycles. The number of hydrogen-bond acceptors (Lipinski definition) is 6. The summed E-state index contributed by atoms with van der Waals surface area (Å²) in [5.74, 6) is 0.553. The number of allylic oxidation sites excluding steroid dienone is 1. The van der Waals surface area contributed by atoms with Crippen LogP contribution in [-0.2, 0) is 24.3 Å². The van der Waals surface area contributed by atoms with Gasteiger partial charge in [-0.05, 0) is 31.1 Å². The second-order valence-corrected chi connectivity index (χ2v) is 7.88. The summed E-state index contributed by atoms with van der Waals surface area (Å²) in [5, 5.41) is 16.7. The number of imidazole rings is 1. The lowest BCUT2D eigenvalue weighted by atomic mass is 10.0. The summed E-state index contributed by atoms with van der Waals surface area (Å²) in [5.41, 5.74) is 7.44. The van der Waals surface area contributed by atoms with Gasteiger partial charge in [0, 0.05) is 49.1 Å². The average Bonchev–Trinajstić information content (AvgIpc) is 3.45. The quantitative estimate of drug-likeness (QED) is 0.474. The number of amides is 1. The summed E-state index contributed by atoms with van der Waals surface area (Å²) in [7, 11) is 0. The fraction of sp³-hybridized carbons (Fsp3) is 0.273. The highest BCUT2D eigenvalue weighted by molar-refractivity contribution is 5.86. The van der Waals surface area contributed by atoms with E-state index in [1.54, 1.807) is 6.20 Å². The molecule has 4 bridgehead atoms. The van der Waals surface area contributed by atoms with E-state index in [2.05, 4.69) is 48.9 Å². The highest BCUT2D eigenvalue weighted by atomic mass is 16.1. The molecule has 0 radical (unpaired) electrons. The van der Waals surface area contributed by atoms with E-state index in [1.165, 1.54) is 0 Å². The number of fused-ring (bicyclic) bond motifs is 8. The van der Waals surface area contributed by atoms with Gasteiger partial charge in [0.1, 0.15) is 5.69 Å². The van der Waals surface area contributed by atoms with Crippen molar-refractivity contribution in [1.82, 2.24) is 39.7 Å². The third-order valence-corrected chi connectivity index (χ3v) is 5.86. The summed E-state index contributed by atoms with van der Waals surface area (Å²) in [6.45, 7) is 3.02. The Bertz CT molecular complexity index is 1380. The van der Waals surface area contributed by atoms with Gasteiger partial charge in [-0.3, -0.25) is 13.9 Å². The largest absolute Gasteiger partial charge is 0.350 e. The van der Waals surface area contributed by atoms with Crippen molar-refractivity contribution in [2.24, 2.45) is 0 Å². The first-order valence-electron chi connectivity index (χ1n) is 10.4. The van der Waals surface area contributed by atoms with Crippen LogP contribution in [0.3, 0.4) is 0 Å². The van der Waals surface area contributed by atoms with Crippen molar-refractivity contribution >= 4 is 17.3 Å². The first-order valence-corrected chi connectivity index (χ1v) is 10.4. The van der Waals surface area contributed by atoms with Crippen LogP contribution in [0.4, 0.5) is 0 Å². The van der Waals surface area contributed by atoms with Gasteiger partial charge in [0.2, 0.25) is 11.7 Å². The molecule has 0 saturated heterocycles. The van der Waals surface area contributed by atoms with Crippen LogP contribution in [-0.4, -0.2) is 40.3 Å². The molecule has 1 amide bonds. The maximum Gasteiger partial charge on any atom is 0.234 e. The van der Waals surface area contributed by atoms with Crippen molar-refractivity contribution in [1.29, 1.82) is 0 Å². The maximum atomic E-state index is 12.4. The van der Waals surface area contributed by atoms with E-state index in [1.807, 2.05) is 28.3 Å². The molecule has 4 aromatic rings. The topological polar surface area (TPSA) is 103 Å². The summed E-state index contributed by atoms with van der Waals surface area (Å²) >= 11 is 0. The first kappa shape index (κ1) is 17.9. The van der Waals surface area contributed by atoms with E-state index >= 15 is 0 Å². The van der Waals surface area contributed by atoms with Gasteiger partial charge in [0.25, 0.3) is 0 Å². The number of rotatable bonds is 0. The second-order valence-electron chi connectivity index (χ2n) is 7.88. The molecule has 0 spiro atoms. The normalized spacial score (nSPS) is 15.8. The minimum absolute atomic E-state index is 0.0150. The van der Waals surface area contributed by atoms with Crippen LogP contribution in [0, 0.1) is 6.92 Å². The highest BCUT2D eigenvalue weighted by Gasteiger charge is 2.24. The number of nitrogens with one attached hydrogen (secondary N) is 1. The molecule has 0 fully saturated rings. The van der Waals surface area contributed by atoms with Crippen LogP contribution in [0.15, 0.2) is 36.8 Å². The minimum atomic E-state index is -0.0150. The monoisotopic (exact) mass is 412 g/mol. The fourth-order valence-corrected chi connectivity index (χ4v) is 4.38. The smallest absolute Gasteiger partial charge is 0.234 e. The summed E-state index contributed by atoms with van der Waals surface area (Å²) in [6, 6.07) is 3.92. The van der Waals surface area contributed by atoms with Crippen molar-refractivity contribution in [2.45, 2.75) is 39.3 Å². The Morgan fingerprint density at radius 2 is 2.10 bits per heavy atom. The second kappa shape index (κ2) is 6.83. The molecule has 0 saturated carbocycles. The molecule has 0 aromatic carbocycles. The Balaban J connectivity index is 1.57. The van der Waals surface area contributed by atoms with Crippen molar-refractivity contribution in [3.8, 4) is 11.4 Å². The molecule has 0 unspecified atom stereocenters. The summed E-state index contributed by atoms with van der Waals surface area (Å²) < 4.78 is 3.83. The minimum Gasteiger partial charge on any atom is -0.350 e. The van der Waals surface area contributed by atoms with Gasteiger partial charge in [-0.25, -0.2) is 9.97 Å². The third-order valence-electron chi connectivity index (χ3n) is 5.86. The van der Waals surface area contributed by atoms with E-state index < -0.39 is 0 Å². The molecule has 9 nitrogen and oxygen atoms in total. The SMILES string of the molecule is Cc1nn2cc1C1=CCc3nnc(cc31)-c1c(nc3ncccn13)CNC(=O)CCC2. The summed E-state index contributed by atoms with van der Waals surface area (Å²) in [6.07, 6.45) is 9.76. The molecule has 4 aromatic heterocycles. The fourth-order valence-electron chi connectivity index (χ4n) is 4.38. The van der Waals surface area contributed by atoms with E-state index in [-0.39, 0.29) is 5.91 Å². The standard InChI is InChI=1S/C22H20N8O/c1-13-16-12-29(28-13)8-2-4-20(31)24-11-19-21(30-9-3-7-23-22(30)25-19)18-10-15-14(16)5-6-17(15)26-27-18/h3,5,7,9-10,12H,2,4,6,8,11H2,1H3,(H,24,31). The van der Waals surface area contributed by atoms with Gasteiger partial charge in [-0.2, -0.15) is 10.2 Å². The van der Waals surface area contributed by atoms with Crippen LogP contribution in [0.1, 0.15) is 41.1 Å². The number of aromatic nitrogens is 7. The maximum absolute atomic E-state index is 12.4. The lowest BCUT2D eigenvalue weighted by Gasteiger charge is -2.09. The van der Waals surface area contributed by atoms with E-state index in [9.17, 15) is 4.79 Å². The van der Waals surface area contributed by atoms with Gasteiger partial charge >= 0.3 is 0 Å². The highest BCUT2D eigenvalue weighted by Crippen LogP contribution is 2.35. The first-order chi connectivity index (χ1) is 15.2. The zero-order valence-corrected chi connectivity index (χ0v) is 17.0. The molecule has 1 aliphatic carbocycles. The number of aryl methyl sites for hydroxylation is 2. The van der Waals surface area contributed by atoms with Crippen LogP contribution in [0.2, 0.25) is 0 Å². The molecule has 9 heteroatoms. The van der Waals surface area contributed by atoms with E-state index in [0.29, 0.717) is 37.4 Å². The predicted molar refractivity (Wildman–Crippen MR) is 113 cm³/mol.